The van der Waals surface area contributed by atoms with Gasteiger partial charge >= 0.3 is 0 Å². The van der Waals surface area contributed by atoms with Crippen LogP contribution in [0.15, 0.2) is 35.5 Å². The lowest BCUT2D eigenvalue weighted by Crippen LogP contribution is -2.47. The molecular formula is C22H31F2N3O. The number of hydrogen-bond donors (Lipinski definition) is 1. The van der Waals surface area contributed by atoms with Gasteiger partial charge in [-0.2, -0.15) is 0 Å². The maximum atomic E-state index is 11.9. The second kappa shape index (κ2) is 8.89. The van der Waals surface area contributed by atoms with Crippen LogP contribution in [0, 0.1) is 17.6 Å². The third-order valence-electron chi connectivity index (χ3n) is 6.16. The van der Waals surface area contributed by atoms with Gasteiger partial charge < -0.3 is 15.4 Å². The molecule has 4 aliphatic rings. The van der Waals surface area contributed by atoms with Gasteiger partial charge in [0.25, 0.3) is 0 Å². The largest absolute Gasteiger partial charge is 0.378 e. The lowest BCUT2D eigenvalue weighted by molar-refractivity contribution is 0.0153. The van der Waals surface area contributed by atoms with E-state index in [9.17, 15) is 8.78 Å². The highest BCUT2D eigenvalue weighted by Gasteiger charge is 2.36. The van der Waals surface area contributed by atoms with Crippen LogP contribution in [0.1, 0.15) is 32.1 Å². The Kier molecular flexibility index (Phi) is 6.28. The van der Waals surface area contributed by atoms with Gasteiger partial charge in [-0.25, -0.2) is 8.78 Å². The summed E-state index contributed by atoms with van der Waals surface area (Å²) in [6.45, 7) is 6.51. The minimum atomic E-state index is -0.411. The van der Waals surface area contributed by atoms with E-state index in [1.54, 1.807) is 11.3 Å². The second-order valence-corrected chi connectivity index (χ2v) is 8.57. The van der Waals surface area contributed by atoms with Crippen LogP contribution in [0.2, 0.25) is 0 Å². The SMILES string of the molecule is Fc1ccc(F)cc1.NC1COCC(N2CC3=C(C2)N(CC2CC2)CCC3)C1. The fraction of sp³-hybridized carbons (Fsp3) is 0.636. The van der Waals surface area contributed by atoms with E-state index in [-0.39, 0.29) is 6.04 Å². The van der Waals surface area contributed by atoms with Gasteiger partial charge in [0.2, 0.25) is 0 Å². The van der Waals surface area contributed by atoms with Gasteiger partial charge in [-0.15, -0.1) is 0 Å². The average Bonchev–Trinajstić information content (AvgIpc) is 3.39. The van der Waals surface area contributed by atoms with Crippen molar-refractivity contribution >= 4 is 0 Å². The number of benzene rings is 1. The van der Waals surface area contributed by atoms with Crippen molar-refractivity contribution in [2.24, 2.45) is 11.7 Å². The lowest BCUT2D eigenvalue weighted by Gasteiger charge is -2.35. The van der Waals surface area contributed by atoms with E-state index in [1.165, 1.54) is 38.8 Å². The fourth-order valence-electron chi connectivity index (χ4n) is 4.46. The van der Waals surface area contributed by atoms with E-state index < -0.39 is 11.6 Å². The Morgan fingerprint density at radius 1 is 1.04 bits per heavy atom. The van der Waals surface area contributed by atoms with Gasteiger partial charge in [0.05, 0.1) is 13.2 Å². The molecule has 28 heavy (non-hydrogen) atoms. The smallest absolute Gasteiger partial charge is 0.123 e. The summed E-state index contributed by atoms with van der Waals surface area (Å²) in [6, 6.07) is 5.08. The first-order valence-corrected chi connectivity index (χ1v) is 10.5. The van der Waals surface area contributed by atoms with E-state index in [4.69, 9.17) is 10.5 Å². The minimum absolute atomic E-state index is 0.231. The molecule has 1 aromatic rings. The zero-order valence-electron chi connectivity index (χ0n) is 16.5. The monoisotopic (exact) mass is 391 g/mol. The average molecular weight is 392 g/mol. The van der Waals surface area contributed by atoms with Crippen LogP contribution in [0.5, 0.6) is 0 Å². The number of rotatable bonds is 3. The van der Waals surface area contributed by atoms with Gasteiger partial charge in [-0.3, -0.25) is 4.90 Å². The Morgan fingerprint density at radius 3 is 2.39 bits per heavy atom. The third kappa shape index (κ3) is 5.10. The molecule has 1 aliphatic carbocycles. The lowest BCUT2D eigenvalue weighted by atomic mass is 10.0. The molecule has 1 saturated carbocycles. The molecule has 3 aliphatic heterocycles. The van der Waals surface area contributed by atoms with Gasteiger partial charge in [-0.05, 0) is 67.9 Å². The standard InChI is InChI=1S/C16H27N3O.C6H4F2/c17-14-6-15(11-20-10-14)19-8-13-2-1-5-18(16(13)9-19)7-12-3-4-12;7-5-1-2-6(8)4-3-5/h12,14-15H,1-11,17H2;1-4H. The first-order valence-electron chi connectivity index (χ1n) is 10.5. The van der Waals surface area contributed by atoms with Crippen LogP contribution in [0.25, 0.3) is 0 Å². The molecule has 0 spiro atoms. The highest BCUT2D eigenvalue weighted by atomic mass is 19.1. The summed E-state index contributed by atoms with van der Waals surface area (Å²) in [5, 5.41) is 0. The van der Waals surface area contributed by atoms with Crippen molar-refractivity contribution in [2.45, 2.75) is 44.2 Å². The molecule has 0 amide bonds. The summed E-state index contributed by atoms with van der Waals surface area (Å²) in [7, 11) is 0. The van der Waals surface area contributed by atoms with E-state index in [1.807, 2.05) is 0 Å². The Balaban J connectivity index is 0.000000203. The molecule has 4 nitrogen and oxygen atoms in total. The molecule has 1 aromatic carbocycles. The van der Waals surface area contributed by atoms with Crippen molar-refractivity contribution in [3.8, 4) is 0 Å². The van der Waals surface area contributed by atoms with Crippen LogP contribution in [-0.2, 0) is 4.74 Å². The second-order valence-electron chi connectivity index (χ2n) is 8.57. The van der Waals surface area contributed by atoms with Crippen molar-refractivity contribution in [3.63, 3.8) is 0 Å². The normalized spacial score (nSPS) is 28.0. The van der Waals surface area contributed by atoms with Crippen molar-refractivity contribution in [1.29, 1.82) is 0 Å². The maximum Gasteiger partial charge on any atom is 0.123 e. The summed E-state index contributed by atoms with van der Waals surface area (Å²) in [5.74, 6) is 0.167. The molecule has 1 saturated heterocycles. The molecular weight excluding hydrogens is 360 g/mol. The Hall–Kier alpha value is -1.50. The molecule has 154 valence electrons. The molecule has 2 unspecified atom stereocenters. The molecule has 2 fully saturated rings. The predicted octanol–water partition coefficient (Wildman–Crippen LogP) is 3.14. The van der Waals surface area contributed by atoms with Gasteiger partial charge in [0.1, 0.15) is 11.6 Å². The molecule has 0 aromatic heterocycles. The number of ether oxygens (including phenoxy) is 1. The first kappa shape index (κ1) is 19.8. The quantitative estimate of drug-likeness (QED) is 0.860. The molecule has 0 bridgehead atoms. The van der Waals surface area contributed by atoms with Crippen molar-refractivity contribution < 1.29 is 13.5 Å². The summed E-state index contributed by atoms with van der Waals surface area (Å²) in [6.07, 6.45) is 6.66. The van der Waals surface area contributed by atoms with Crippen molar-refractivity contribution in [2.75, 3.05) is 39.4 Å². The Labute approximate surface area is 166 Å². The highest BCUT2D eigenvalue weighted by molar-refractivity contribution is 5.25. The summed E-state index contributed by atoms with van der Waals surface area (Å²) in [5.41, 5.74) is 9.42. The molecule has 5 rings (SSSR count). The van der Waals surface area contributed by atoms with E-state index in [0.717, 1.165) is 62.9 Å². The zero-order chi connectivity index (χ0) is 19.5. The van der Waals surface area contributed by atoms with Crippen molar-refractivity contribution in [1.82, 2.24) is 9.80 Å². The van der Waals surface area contributed by atoms with Crippen LogP contribution in [0.3, 0.4) is 0 Å². The number of nitrogens with two attached hydrogens (primary N) is 1. The Bertz CT molecular complexity index is 669. The summed E-state index contributed by atoms with van der Waals surface area (Å²) >= 11 is 0. The summed E-state index contributed by atoms with van der Waals surface area (Å²) < 4.78 is 29.5. The minimum Gasteiger partial charge on any atom is -0.378 e. The van der Waals surface area contributed by atoms with Crippen molar-refractivity contribution in [3.05, 3.63) is 47.2 Å². The molecule has 0 radical (unpaired) electrons. The zero-order valence-corrected chi connectivity index (χ0v) is 16.5. The van der Waals surface area contributed by atoms with E-state index in [2.05, 4.69) is 9.80 Å². The van der Waals surface area contributed by atoms with E-state index >= 15 is 0 Å². The van der Waals surface area contributed by atoms with Crippen LogP contribution in [0.4, 0.5) is 8.78 Å². The van der Waals surface area contributed by atoms with E-state index in [0.29, 0.717) is 6.04 Å². The highest BCUT2D eigenvalue weighted by Crippen LogP contribution is 2.36. The molecule has 3 heterocycles. The predicted molar refractivity (Wildman–Crippen MR) is 106 cm³/mol. The van der Waals surface area contributed by atoms with Crippen LogP contribution < -0.4 is 5.73 Å². The van der Waals surface area contributed by atoms with Gasteiger partial charge in [-0.1, -0.05) is 0 Å². The fourth-order valence-corrected chi connectivity index (χ4v) is 4.46. The number of halogens is 2. The number of nitrogens with zero attached hydrogens (tertiary/aromatic N) is 2. The van der Waals surface area contributed by atoms with Crippen LogP contribution in [-0.4, -0.2) is 61.3 Å². The van der Waals surface area contributed by atoms with Crippen LogP contribution >= 0.6 is 0 Å². The van der Waals surface area contributed by atoms with Gasteiger partial charge in [0.15, 0.2) is 0 Å². The molecule has 6 heteroatoms. The topological polar surface area (TPSA) is 41.7 Å². The first-order chi connectivity index (χ1) is 13.6. The number of hydrogen-bond acceptors (Lipinski definition) is 4. The molecule has 2 N–H and O–H groups in total. The van der Waals surface area contributed by atoms with Gasteiger partial charge in [0, 0.05) is 44.0 Å². The third-order valence-corrected chi connectivity index (χ3v) is 6.16. The Morgan fingerprint density at radius 2 is 1.75 bits per heavy atom. The summed E-state index contributed by atoms with van der Waals surface area (Å²) in [4.78, 5) is 5.31. The maximum absolute atomic E-state index is 11.9. The molecule has 2 atom stereocenters.